The van der Waals surface area contributed by atoms with Crippen molar-refractivity contribution in [2.24, 2.45) is 34.0 Å². The predicted molar refractivity (Wildman–Crippen MR) is 285 cm³/mol. The van der Waals surface area contributed by atoms with Gasteiger partial charge in [-0.25, -0.2) is 23.0 Å². The maximum atomic E-state index is 13.7. The fraction of sp³-hybridized carbons (Fsp3) is 0.509. The zero-order valence-electron chi connectivity index (χ0n) is 43.8. The van der Waals surface area contributed by atoms with Gasteiger partial charge in [0.1, 0.15) is 18.5 Å². The number of rotatable bonds is 21. The van der Waals surface area contributed by atoms with Crippen molar-refractivity contribution < 1.29 is 42.9 Å². The topological polar surface area (TPSA) is 274 Å². The van der Waals surface area contributed by atoms with Crippen LogP contribution >= 0.6 is 0 Å². The van der Waals surface area contributed by atoms with Crippen LogP contribution in [0.2, 0.25) is 0 Å². The van der Waals surface area contributed by atoms with Gasteiger partial charge in [-0.15, -0.1) is 0 Å². The summed E-state index contributed by atoms with van der Waals surface area (Å²) in [6.07, 6.45) is 12.7. The van der Waals surface area contributed by atoms with Gasteiger partial charge in [0.2, 0.25) is 27.7 Å². The molecule has 18 nitrogen and oxygen atoms in total. The van der Waals surface area contributed by atoms with Gasteiger partial charge in [0.05, 0.1) is 25.1 Å². The SMILES string of the molecule is C1CCCCC1.CCCN(CCC)C(=O)C1=Cc2ccc(-c3cccc(S(=O)(=O)N4CC(CNC(=O)OCc5ccc(NC(=O)[C@H](CCCNC(N)=O)NC(=O)[C@@H](N)C(C)C)cc5)C4)c3)cc2N=C(N)C1.[2H]CF. The first-order valence-electron chi connectivity index (χ1n) is 25.9. The lowest BCUT2D eigenvalue weighted by Crippen LogP contribution is -2.53. The first-order chi connectivity index (χ1) is 35.4. The van der Waals surface area contributed by atoms with E-state index in [0.29, 0.717) is 53.4 Å². The number of ether oxygens (including phenoxy) is 1. The Kier molecular flexibility index (Phi) is 23.6. The van der Waals surface area contributed by atoms with Gasteiger partial charge in [0, 0.05) is 68.4 Å². The van der Waals surface area contributed by atoms with Crippen LogP contribution in [0, 0.1) is 11.8 Å². The zero-order chi connectivity index (χ0) is 54.2. The minimum atomic E-state index is -3.83. The highest BCUT2D eigenvalue weighted by Gasteiger charge is 2.37. The highest BCUT2D eigenvalue weighted by atomic mass is 32.2. The fourth-order valence-corrected chi connectivity index (χ4v) is 10.00. The summed E-state index contributed by atoms with van der Waals surface area (Å²) in [6.45, 7) is 9.80. The number of alkyl halides is 1. The molecule has 3 aliphatic rings. The number of nitrogens with two attached hydrogens (primary N) is 3. The van der Waals surface area contributed by atoms with Crippen molar-refractivity contribution in [2.45, 2.75) is 122 Å². The molecule has 400 valence electrons. The van der Waals surface area contributed by atoms with E-state index in [1.165, 1.54) is 42.8 Å². The molecule has 2 atom stereocenters. The number of halogens is 1. The van der Waals surface area contributed by atoms with Crippen molar-refractivity contribution in [3.05, 3.63) is 83.4 Å². The van der Waals surface area contributed by atoms with Crippen molar-refractivity contribution in [3.63, 3.8) is 0 Å². The number of sulfonamides is 1. The number of amidine groups is 1. The second-order valence-corrected chi connectivity index (χ2v) is 20.7. The number of anilines is 1. The number of nitrogens with zero attached hydrogens (tertiary/aromatic N) is 3. The Morgan fingerprint density at radius 2 is 1.53 bits per heavy atom. The number of aliphatic imine (C=N–C) groups is 1. The molecular formula is C53H77FN10O8S. The Labute approximate surface area is 432 Å². The van der Waals surface area contributed by atoms with Crippen molar-refractivity contribution in [1.29, 1.82) is 0 Å². The third-order valence-corrected chi connectivity index (χ3v) is 14.4. The molecule has 20 heteroatoms. The highest BCUT2D eigenvalue weighted by Crippen LogP contribution is 2.34. The van der Waals surface area contributed by atoms with Crippen molar-refractivity contribution in [2.75, 3.05) is 51.7 Å². The average molecular weight is 1030 g/mol. The van der Waals surface area contributed by atoms with Crippen LogP contribution < -0.4 is 38.5 Å². The van der Waals surface area contributed by atoms with E-state index in [9.17, 15) is 36.8 Å². The Morgan fingerprint density at radius 3 is 2.14 bits per heavy atom. The van der Waals surface area contributed by atoms with E-state index in [-0.39, 0.29) is 68.3 Å². The molecule has 0 bridgehead atoms. The Hall–Kier alpha value is -6.38. The van der Waals surface area contributed by atoms with Crippen LogP contribution in [-0.2, 0) is 35.8 Å². The van der Waals surface area contributed by atoms with Gasteiger partial charge in [-0.3, -0.25) is 18.8 Å². The van der Waals surface area contributed by atoms with Gasteiger partial charge in [-0.05, 0) is 84.7 Å². The molecule has 1 saturated carbocycles. The van der Waals surface area contributed by atoms with Crippen LogP contribution in [0.15, 0.2) is 82.2 Å². The van der Waals surface area contributed by atoms with E-state index in [4.69, 9.17) is 23.3 Å². The number of hydrogen-bond acceptors (Lipinski definition) is 11. The largest absolute Gasteiger partial charge is 0.445 e. The van der Waals surface area contributed by atoms with Crippen LogP contribution in [-0.4, -0.2) is 112 Å². The van der Waals surface area contributed by atoms with Gasteiger partial charge in [-0.2, -0.15) is 4.31 Å². The van der Waals surface area contributed by atoms with E-state index in [1.54, 1.807) is 56.3 Å². The molecule has 73 heavy (non-hydrogen) atoms. The number of amides is 6. The van der Waals surface area contributed by atoms with Crippen LogP contribution in [0.5, 0.6) is 0 Å². The second-order valence-electron chi connectivity index (χ2n) is 18.8. The van der Waals surface area contributed by atoms with E-state index in [2.05, 4.69) is 26.3 Å². The molecule has 10 N–H and O–H groups in total. The summed E-state index contributed by atoms with van der Waals surface area (Å²) < 4.78 is 49.6. The van der Waals surface area contributed by atoms with Crippen LogP contribution in [0.4, 0.5) is 25.4 Å². The zero-order valence-corrected chi connectivity index (χ0v) is 43.6. The fourth-order valence-electron chi connectivity index (χ4n) is 8.36. The normalized spacial score (nSPS) is 15.5. The van der Waals surface area contributed by atoms with Gasteiger partial charge in [-0.1, -0.05) is 103 Å². The lowest BCUT2D eigenvalue weighted by Gasteiger charge is -2.38. The Bertz CT molecular complexity index is 2490. The van der Waals surface area contributed by atoms with Gasteiger partial charge >= 0.3 is 12.1 Å². The third-order valence-electron chi connectivity index (χ3n) is 12.5. The molecule has 0 aromatic heterocycles. The molecule has 0 spiro atoms. The highest BCUT2D eigenvalue weighted by molar-refractivity contribution is 7.89. The maximum absolute atomic E-state index is 13.7. The van der Waals surface area contributed by atoms with Gasteiger partial charge in [0.25, 0.3) is 0 Å². The van der Waals surface area contributed by atoms with Crippen molar-refractivity contribution in [3.8, 4) is 11.1 Å². The van der Waals surface area contributed by atoms with E-state index in [1.807, 2.05) is 49.1 Å². The lowest BCUT2D eigenvalue weighted by atomic mass is 10.0. The number of carbonyl (C=O) groups excluding carboxylic acids is 5. The number of fused-ring (bicyclic) bond motifs is 1. The van der Waals surface area contributed by atoms with Gasteiger partial charge < -0.3 is 48.1 Å². The van der Waals surface area contributed by atoms with E-state index in [0.717, 1.165) is 24.0 Å². The summed E-state index contributed by atoms with van der Waals surface area (Å²) in [5.74, 6) is -0.936. The molecule has 2 heterocycles. The molecule has 6 amide bonds. The molecule has 3 aromatic carbocycles. The average Bonchev–Trinajstić information content (AvgIpc) is 3.54. The van der Waals surface area contributed by atoms with Crippen LogP contribution in [0.1, 0.15) is 111 Å². The molecule has 2 fully saturated rings. The van der Waals surface area contributed by atoms with E-state index < -0.39 is 53.2 Å². The molecule has 0 unspecified atom stereocenters. The molecule has 6 rings (SSSR count). The number of hydrogen-bond donors (Lipinski definition) is 7. The number of carbonyl (C=O) groups is 5. The third kappa shape index (κ3) is 18.6. The molecule has 0 radical (unpaired) electrons. The minimum absolute atomic E-state index is 0.0504. The standard InChI is InChI=1S/C46H62N10O8S.C6H12.CH3F/c1-5-19-55(20-6-2)44(59)35-21-34-15-14-33(23-39(34)53-40(47)24-35)32-9-7-10-37(22-32)65(62,63)56-26-31(27-56)25-51-46(61)64-28-30-12-16-36(17-13-30)52-42(57)38(11-8-18-50-45(49)60)54-43(58)41(48)29(3)4;1-2-4-6-5-3-1;1-2/h7,9-10,12-17,21-23,29,31,38,41H,5-6,8,11,18-20,24-28,48H2,1-4H3,(H2,47,53)(H,51,61)(H,52,57)(H,54,58)(H3,49,50,60);1-6H2;1H3/t38-,41-;;/m0../s1/i;;1D. The predicted octanol–water partition coefficient (Wildman–Crippen LogP) is 7.11. The Morgan fingerprint density at radius 1 is 0.904 bits per heavy atom. The second kappa shape index (κ2) is 30.0. The molecule has 2 aliphatic heterocycles. The summed E-state index contributed by atoms with van der Waals surface area (Å²) in [5, 5.41) is 10.6. The number of urea groups is 1. The summed E-state index contributed by atoms with van der Waals surface area (Å²) in [7, 11) is -4.83. The quantitative estimate of drug-likeness (QED) is 0.0532. The van der Waals surface area contributed by atoms with Crippen LogP contribution in [0.25, 0.3) is 17.2 Å². The number of nitrogens with one attached hydrogen (secondary N) is 4. The first-order valence-corrected chi connectivity index (χ1v) is 26.7. The first kappa shape index (κ1) is 57.5. The van der Waals surface area contributed by atoms with Crippen LogP contribution in [0.3, 0.4) is 0 Å². The van der Waals surface area contributed by atoms with Crippen molar-refractivity contribution >= 4 is 63.2 Å². The summed E-state index contributed by atoms with van der Waals surface area (Å²) in [4.78, 5) is 69.4. The monoisotopic (exact) mass is 1030 g/mol. The molecule has 1 saturated heterocycles. The number of benzene rings is 3. The molecule has 1 aliphatic carbocycles. The summed E-state index contributed by atoms with van der Waals surface area (Å²) in [6, 6.07) is 16.5. The lowest BCUT2D eigenvalue weighted by molar-refractivity contribution is -0.128. The molecule has 3 aromatic rings. The number of primary amides is 1. The molecular weight excluding hydrogens is 956 g/mol. The Balaban J connectivity index is 0.00000120. The maximum Gasteiger partial charge on any atom is 0.407 e. The summed E-state index contributed by atoms with van der Waals surface area (Å²) in [5.41, 5.74) is 21.8. The van der Waals surface area contributed by atoms with Crippen molar-refractivity contribution in [1.82, 2.24) is 25.2 Å². The smallest absolute Gasteiger partial charge is 0.407 e. The minimum Gasteiger partial charge on any atom is -0.445 e. The summed E-state index contributed by atoms with van der Waals surface area (Å²) >= 11 is 0. The van der Waals surface area contributed by atoms with Gasteiger partial charge in [0.15, 0.2) is 0 Å². The number of alkyl carbamates (subject to hydrolysis) is 1. The van der Waals surface area contributed by atoms with E-state index >= 15 is 0 Å².